The van der Waals surface area contributed by atoms with Crippen molar-refractivity contribution in [1.82, 2.24) is 14.8 Å². The normalized spacial score (nSPS) is 10.8. The largest absolute Gasteiger partial charge is 0.462 e. The number of nitrogens with zero attached hydrogens (tertiary/aromatic N) is 3. The van der Waals surface area contributed by atoms with Gasteiger partial charge in [0.05, 0.1) is 23.2 Å². The lowest BCUT2D eigenvalue weighted by Gasteiger charge is -2.07. The van der Waals surface area contributed by atoms with Crippen molar-refractivity contribution < 1.29 is 18.7 Å². The fraction of sp³-hybridized carbons (Fsp3) is 0.235. The van der Waals surface area contributed by atoms with Crippen LogP contribution in [0.15, 0.2) is 23.0 Å². The van der Waals surface area contributed by atoms with Gasteiger partial charge in [-0.05, 0) is 32.0 Å². The number of anilines is 1. The Morgan fingerprint density at radius 2 is 2.11 bits per heavy atom. The van der Waals surface area contributed by atoms with E-state index in [0.717, 1.165) is 17.4 Å². The number of thiazole rings is 1. The molecule has 3 aromatic rings. The van der Waals surface area contributed by atoms with Crippen LogP contribution in [0.3, 0.4) is 0 Å². The number of carbonyl (C=O) groups is 2. The number of halogens is 1. The Bertz CT molecular complexity index is 1120. The number of nitrogens with one attached hydrogen (secondary N) is 1. The van der Waals surface area contributed by atoms with Crippen molar-refractivity contribution in [2.24, 2.45) is 7.05 Å². The van der Waals surface area contributed by atoms with Crippen molar-refractivity contribution in [2.75, 3.05) is 11.9 Å². The Kier molecular flexibility index (Phi) is 5.00. The lowest BCUT2D eigenvalue weighted by molar-refractivity contribution is 0.0531. The maximum absolute atomic E-state index is 13.5. The van der Waals surface area contributed by atoms with Gasteiger partial charge in [-0.1, -0.05) is 11.3 Å². The molecular formula is C17H15FN4O4S. The molecule has 0 unspecified atom stereocenters. The van der Waals surface area contributed by atoms with Gasteiger partial charge in [0.2, 0.25) is 5.43 Å². The summed E-state index contributed by atoms with van der Waals surface area (Å²) in [4.78, 5) is 41.2. The smallest absolute Gasteiger partial charge is 0.350 e. The molecule has 1 amide bonds. The molecule has 10 heteroatoms. The zero-order valence-corrected chi connectivity index (χ0v) is 15.5. The van der Waals surface area contributed by atoms with Crippen molar-refractivity contribution in [3.63, 3.8) is 0 Å². The van der Waals surface area contributed by atoms with E-state index in [1.54, 1.807) is 20.9 Å². The highest BCUT2D eigenvalue weighted by molar-refractivity contribution is 7.17. The highest BCUT2D eigenvalue weighted by Gasteiger charge is 2.21. The van der Waals surface area contributed by atoms with Crippen LogP contribution in [0.5, 0.6) is 0 Å². The molecule has 0 aliphatic rings. The van der Waals surface area contributed by atoms with E-state index < -0.39 is 28.8 Å². The Morgan fingerprint density at radius 1 is 1.37 bits per heavy atom. The van der Waals surface area contributed by atoms with Gasteiger partial charge >= 0.3 is 5.97 Å². The van der Waals surface area contributed by atoms with Crippen molar-refractivity contribution in [2.45, 2.75) is 13.8 Å². The number of amides is 1. The molecule has 0 atom stereocenters. The first-order chi connectivity index (χ1) is 12.8. The molecule has 3 rings (SSSR count). The Morgan fingerprint density at radius 3 is 2.81 bits per heavy atom. The second-order valence-electron chi connectivity index (χ2n) is 5.57. The van der Waals surface area contributed by atoms with E-state index in [1.165, 1.54) is 16.8 Å². The van der Waals surface area contributed by atoms with E-state index in [4.69, 9.17) is 4.74 Å². The van der Waals surface area contributed by atoms with Gasteiger partial charge < -0.3 is 4.74 Å². The van der Waals surface area contributed by atoms with Crippen LogP contribution in [0.4, 0.5) is 9.52 Å². The fourth-order valence-electron chi connectivity index (χ4n) is 2.49. The average Bonchev–Trinajstić information content (AvgIpc) is 2.98. The summed E-state index contributed by atoms with van der Waals surface area (Å²) >= 11 is 0.932. The first-order valence-corrected chi connectivity index (χ1v) is 8.76. The fourth-order valence-corrected chi connectivity index (χ4v) is 3.35. The molecule has 0 saturated carbocycles. The molecule has 0 aliphatic heterocycles. The summed E-state index contributed by atoms with van der Waals surface area (Å²) in [6.07, 6.45) is 0. The molecule has 2 aromatic heterocycles. The molecule has 2 heterocycles. The highest BCUT2D eigenvalue weighted by atomic mass is 32.1. The van der Waals surface area contributed by atoms with Crippen LogP contribution in [-0.4, -0.2) is 33.2 Å². The summed E-state index contributed by atoms with van der Waals surface area (Å²) in [5, 5.41) is 6.60. The minimum Gasteiger partial charge on any atom is -0.462 e. The average molecular weight is 390 g/mol. The molecule has 0 bridgehead atoms. The second kappa shape index (κ2) is 7.23. The molecule has 0 aliphatic carbocycles. The number of aromatic nitrogens is 3. The maximum Gasteiger partial charge on any atom is 0.350 e. The van der Waals surface area contributed by atoms with E-state index in [-0.39, 0.29) is 22.0 Å². The van der Waals surface area contributed by atoms with Crippen LogP contribution in [0.25, 0.3) is 10.9 Å². The molecule has 0 spiro atoms. The number of hydrogen-bond acceptors (Lipinski definition) is 7. The van der Waals surface area contributed by atoms with Gasteiger partial charge in [0.25, 0.3) is 5.91 Å². The SMILES string of the molecule is CCOC(=O)c1sc(NC(=O)c2nn(C)c3ccc(F)cc3c2=O)nc1C. The number of esters is 1. The summed E-state index contributed by atoms with van der Waals surface area (Å²) in [7, 11) is 1.54. The zero-order valence-electron chi connectivity index (χ0n) is 14.7. The van der Waals surface area contributed by atoms with Crippen LogP contribution in [0.1, 0.15) is 32.8 Å². The molecule has 0 radical (unpaired) electrons. The van der Waals surface area contributed by atoms with Crippen molar-refractivity contribution in [3.8, 4) is 0 Å². The minimum absolute atomic E-state index is 0.0418. The molecular weight excluding hydrogens is 375 g/mol. The van der Waals surface area contributed by atoms with Gasteiger partial charge in [-0.3, -0.25) is 19.6 Å². The number of fused-ring (bicyclic) bond motifs is 1. The third-order valence-corrected chi connectivity index (χ3v) is 4.76. The van der Waals surface area contributed by atoms with E-state index in [1.807, 2.05) is 0 Å². The van der Waals surface area contributed by atoms with Gasteiger partial charge in [0.1, 0.15) is 10.7 Å². The van der Waals surface area contributed by atoms with E-state index >= 15 is 0 Å². The number of carbonyl (C=O) groups excluding carboxylic acids is 2. The van der Waals surface area contributed by atoms with Gasteiger partial charge in [-0.15, -0.1) is 0 Å². The lowest BCUT2D eigenvalue weighted by Crippen LogP contribution is -2.26. The predicted octanol–water partition coefficient (Wildman–Crippen LogP) is 2.27. The Labute approximate surface area is 156 Å². The quantitative estimate of drug-likeness (QED) is 0.686. The minimum atomic E-state index is -0.800. The number of aryl methyl sites for hydroxylation is 2. The standard InChI is InChI=1S/C17H15FN4O4S/c1-4-26-16(25)14-8(2)19-17(27-14)20-15(24)12-13(23)10-7-9(18)5-6-11(10)22(3)21-12/h5-7H,4H2,1-3H3,(H,19,20,24). The lowest BCUT2D eigenvalue weighted by atomic mass is 10.2. The number of benzene rings is 1. The van der Waals surface area contributed by atoms with Crippen LogP contribution in [-0.2, 0) is 11.8 Å². The Balaban J connectivity index is 1.96. The predicted molar refractivity (Wildman–Crippen MR) is 97.7 cm³/mol. The summed E-state index contributed by atoms with van der Waals surface area (Å²) in [6, 6.07) is 3.68. The van der Waals surface area contributed by atoms with Crippen LogP contribution < -0.4 is 10.7 Å². The second-order valence-corrected chi connectivity index (χ2v) is 6.57. The molecule has 0 fully saturated rings. The first-order valence-electron chi connectivity index (χ1n) is 7.94. The maximum atomic E-state index is 13.5. The Hall–Kier alpha value is -3.14. The monoisotopic (exact) mass is 390 g/mol. The van der Waals surface area contributed by atoms with Crippen LogP contribution in [0.2, 0.25) is 0 Å². The van der Waals surface area contributed by atoms with E-state index in [9.17, 15) is 18.8 Å². The van der Waals surface area contributed by atoms with Crippen molar-refractivity contribution in [3.05, 3.63) is 50.5 Å². The molecule has 1 aromatic carbocycles. The van der Waals surface area contributed by atoms with Gasteiger partial charge in [-0.25, -0.2) is 14.2 Å². The van der Waals surface area contributed by atoms with Gasteiger partial charge in [0, 0.05) is 7.05 Å². The summed E-state index contributed by atoms with van der Waals surface area (Å²) < 4.78 is 19.7. The summed E-state index contributed by atoms with van der Waals surface area (Å²) in [5.41, 5.74) is -0.303. The third kappa shape index (κ3) is 3.56. The third-order valence-electron chi connectivity index (χ3n) is 3.71. The van der Waals surface area contributed by atoms with Gasteiger partial charge in [0.15, 0.2) is 10.8 Å². The number of ether oxygens (including phenoxy) is 1. The molecule has 0 saturated heterocycles. The van der Waals surface area contributed by atoms with Crippen LogP contribution in [0, 0.1) is 12.7 Å². The summed E-state index contributed by atoms with van der Waals surface area (Å²) in [6.45, 7) is 3.50. The number of hydrogen-bond donors (Lipinski definition) is 1. The highest BCUT2D eigenvalue weighted by Crippen LogP contribution is 2.23. The molecule has 1 N–H and O–H groups in total. The van der Waals surface area contributed by atoms with E-state index in [0.29, 0.717) is 11.2 Å². The van der Waals surface area contributed by atoms with Crippen LogP contribution >= 0.6 is 11.3 Å². The van der Waals surface area contributed by atoms with E-state index in [2.05, 4.69) is 15.4 Å². The summed E-state index contributed by atoms with van der Waals surface area (Å²) in [5.74, 6) is -1.93. The zero-order chi connectivity index (χ0) is 19.7. The molecule has 8 nitrogen and oxygen atoms in total. The van der Waals surface area contributed by atoms with Gasteiger partial charge in [-0.2, -0.15) is 5.10 Å². The molecule has 27 heavy (non-hydrogen) atoms. The van der Waals surface area contributed by atoms with Crippen molar-refractivity contribution >= 4 is 39.2 Å². The molecule has 140 valence electrons. The first kappa shape index (κ1) is 18.6. The van der Waals surface area contributed by atoms with Crippen molar-refractivity contribution in [1.29, 1.82) is 0 Å². The number of rotatable bonds is 4. The topological polar surface area (TPSA) is 103 Å².